The zero-order chi connectivity index (χ0) is 20.4. The first-order valence-electron chi connectivity index (χ1n) is 9.14. The van der Waals surface area contributed by atoms with E-state index in [-0.39, 0.29) is 23.2 Å². The van der Waals surface area contributed by atoms with Gasteiger partial charge < -0.3 is 19.5 Å². The molecule has 150 valence electrons. The summed E-state index contributed by atoms with van der Waals surface area (Å²) < 4.78 is 23.7. The van der Waals surface area contributed by atoms with Crippen molar-refractivity contribution in [2.75, 3.05) is 18.5 Å². The highest BCUT2D eigenvalue weighted by molar-refractivity contribution is 6.32. The largest absolute Gasteiger partial charge is 0.484 e. The number of carbonyl (C=O) groups excluding carboxylic acids is 1. The van der Waals surface area contributed by atoms with Gasteiger partial charge in [0.2, 0.25) is 0 Å². The number of anilines is 1. The van der Waals surface area contributed by atoms with Crippen LogP contribution in [0.25, 0.3) is 0 Å². The van der Waals surface area contributed by atoms with Crippen molar-refractivity contribution in [2.45, 2.75) is 19.6 Å². The van der Waals surface area contributed by atoms with Crippen LogP contribution in [0.4, 0.5) is 10.1 Å². The minimum absolute atomic E-state index is 0.0178. The maximum atomic E-state index is 13.1. The predicted octanol–water partition coefficient (Wildman–Crippen LogP) is 3.97. The van der Waals surface area contributed by atoms with Crippen molar-refractivity contribution in [2.24, 2.45) is 0 Å². The van der Waals surface area contributed by atoms with Crippen molar-refractivity contribution in [1.82, 2.24) is 10.5 Å². The molecule has 1 aromatic heterocycles. The Bertz CT molecular complexity index is 1050. The molecule has 4 rings (SSSR count). The minimum atomic E-state index is -0.448. The number of fused-ring (bicyclic) bond motifs is 1. The van der Waals surface area contributed by atoms with Gasteiger partial charge >= 0.3 is 0 Å². The molecule has 0 saturated carbocycles. The van der Waals surface area contributed by atoms with Crippen LogP contribution in [0.15, 0.2) is 47.0 Å². The van der Waals surface area contributed by atoms with Crippen LogP contribution in [0, 0.1) is 5.82 Å². The normalized spacial score (nSPS) is 12.7. The maximum absolute atomic E-state index is 13.1. The Hall–Kier alpha value is -3.06. The van der Waals surface area contributed by atoms with Gasteiger partial charge in [0.15, 0.2) is 11.5 Å². The second-order valence-corrected chi connectivity index (χ2v) is 7.27. The van der Waals surface area contributed by atoms with E-state index in [4.69, 9.17) is 20.9 Å². The molecule has 0 radical (unpaired) electrons. The van der Waals surface area contributed by atoms with Crippen LogP contribution < -0.4 is 15.0 Å². The van der Waals surface area contributed by atoms with Crippen LogP contribution in [0.1, 0.15) is 27.4 Å². The van der Waals surface area contributed by atoms with Gasteiger partial charge in [-0.2, -0.15) is 0 Å². The summed E-state index contributed by atoms with van der Waals surface area (Å²) in [7, 11) is 2.07. The lowest BCUT2D eigenvalue weighted by Crippen LogP contribution is -2.23. The summed E-state index contributed by atoms with van der Waals surface area (Å²) >= 11 is 5.92. The smallest absolute Gasteiger partial charge is 0.273 e. The third kappa shape index (κ3) is 4.35. The van der Waals surface area contributed by atoms with Crippen LogP contribution in [-0.2, 0) is 19.6 Å². The third-order valence-corrected chi connectivity index (χ3v) is 5.08. The fourth-order valence-corrected chi connectivity index (χ4v) is 3.45. The Labute approximate surface area is 172 Å². The summed E-state index contributed by atoms with van der Waals surface area (Å²) in [5.74, 6) is -0.109. The molecule has 1 aliphatic heterocycles. The number of carbonyl (C=O) groups is 1. The lowest BCUT2D eigenvalue weighted by atomic mass is 10.1. The number of halogens is 2. The number of benzene rings is 2. The second-order valence-electron chi connectivity index (χ2n) is 6.86. The van der Waals surface area contributed by atoms with Crippen LogP contribution in [0.3, 0.4) is 0 Å². The van der Waals surface area contributed by atoms with Crippen molar-refractivity contribution >= 4 is 23.2 Å². The number of nitrogens with zero attached hydrogens (tertiary/aromatic N) is 2. The highest BCUT2D eigenvalue weighted by atomic mass is 35.5. The van der Waals surface area contributed by atoms with E-state index < -0.39 is 5.82 Å². The van der Waals surface area contributed by atoms with E-state index in [0.29, 0.717) is 18.1 Å². The molecule has 1 N–H and O–H groups in total. The van der Waals surface area contributed by atoms with E-state index in [0.717, 1.165) is 24.6 Å². The van der Waals surface area contributed by atoms with E-state index in [2.05, 4.69) is 34.6 Å². The van der Waals surface area contributed by atoms with Crippen molar-refractivity contribution in [3.8, 4) is 5.75 Å². The second kappa shape index (κ2) is 8.13. The van der Waals surface area contributed by atoms with Crippen LogP contribution >= 0.6 is 11.6 Å². The van der Waals surface area contributed by atoms with E-state index in [1.807, 2.05) is 6.07 Å². The van der Waals surface area contributed by atoms with Gasteiger partial charge in [0.1, 0.15) is 18.2 Å². The van der Waals surface area contributed by atoms with Gasteiger partial charge in [-0.3, -0.25) is 4.79 Å². The van der Waals surface area contributed by atoms with Gasteiger partial charge in [-0.15, -0.1) is 0 Å². The van der Waals surface area contributed by atoms with Gasteiger partial charge in [-0.1, -0.05) is 28.9 Å². The lowest BCUT2D eigenvalue weighted by molar-refractivity contribution is 0.0941. The molecule has 1 aliphatic rings. The number of nitrogens with one attached hydrogen (secondary N) is 1. The highest BCUT2D eigenvalue weighted by Gasteiger charge is 2.17. The summed E-state index contributed by atoms with van der Waals surface area (Å²) in [6.45, 7) is 1.43. The standard InChI is InChI=1S/C21H19ClFN3O3/c1-26-7-6-14-8-13(2-4-19(14)26)11-24-21(27)18-10-16(29-25-18)12-28-20-5-3-15(23)9-17(20)22/h2-5,8-10H,6-7,11-12H2,1H3,(H,24,27). The zero-order valence-corrected chi connectivity index (χ0v) is 16.5. The Morgan fingerprint density at radius 1 is 1.31 bits per heavy atom. The average molecular weight is 416 g/mol. The van der Waals surface area contributed by atoms with Crippen molar-refractivity contribution < 1.29 is 18.4 Å². The Kier molecular flexibility index (Phi) is 5.40. The van der Waals surface area contributed by atoms with Crippen LogP contribution in [-0.4, -0.2) is 24.7 Å². The fraction of sp³-hybridized carbons (Fsp3) is 0.238. The quantitative estimate of drug-likeness (QED) is 0.659. The first-order valence-corrected chi connectivity index (χ1v) is 9.52. The topological polar surface area (TPSA) is 67.6 Å². The molecule has 0 aliphatic carbocycles. The molecule has 0 saturated heterocycles. The number of hydrogen-bond donors (Lipinski definition) is 1. The van der Waals surface area contributed by atoms with E-state index in [9.17, 15) is 9.18 Å². The molecular formula is C21H19ClFN3O3. The lowest BCUT2D eigenvalue weighted by Gasteiger charge is -2.12. The summed E-state index contributed by atoms with van der Waals surface area (Å²) in [5.41, 5.74) is 3.72. The fourth-order valence-electron chi connectivity index (χ4n) is 3.23. The Balaban J connectivity index is 1.32. The minimum Gasteiger partial charge on any atom is -0.484 e. The first kappa shape index (κ1) is 19.3. The van der Waals surface area contributed by atoms with Gasteiger partial charge in [0.25, 0.3) is 5.91 Å². The maximum Gasteiger partial charge on any atom is 0.273 e. The Morgan fingerprint density at radius 2 is 2.17 bits per heavy atom. The number of rotatable bonds is 6. The summed E-state index contributed by atoms with van der Waals surface area (Å²) in [6.07, 6.45) is 1.01. The number of likely N-dealkylation sites (N-methyl/N-ethyl adjacent to an activating group) is 1. The molecule has 1 amide bonds. The molecule has 0 bridgehead atoms. The number of amides is 1. The van der Waals surface area contributed by atoms with Crippen molar-refractivity contribution in [3.63, 3.8) is 0 Å². The predicted molar refractivity (Wildman–Crippen MR) is 107 cm³/mol. The molecule has 29 heavy (non-hydrogen) atoms. The molecule has 6 nitrogen and oxygen atoms in total. The SMILES string of the molecule is CN1CCc2cc(CNC(=O)c3cc(COc4ccc(F)cc4Cl)on3)ccc21. The summed E-state index contributed by atoms with van der Waals surface area (Å²) in [6, 6.07) is 11.5. The van der Waals surface area contributed by atoms with E-state index in [1.54, 1.807) is 0 Å². The zero-order valence-electron chi connectivity index (χ0n) is 15.7. The summed E-state index contributed by atoms with van der Waals surface area (Å²) in [4.78, 5) is 14.6. The van der Waals surface area contributed by atoms with Crippen LogP contribution in [0.2, 0.25) is 5.02 Å². The molecular weight excluding hydrogens is 397 g/mol. The molecule has 2 aromatic carbocycles. The average Bonchev–Trinajstić information content (AvgIpc) is 3.32. The molecule has 0 atom stereocenters. The Morgan fingerprint density at radius 3 is 3.00 bits per heavy atom. The van der Waals surface area contributed by atoms with E-state index in [1.165, 1.54) is 29.4 Å². The van der Waals surface area contributed by atoms with Gasteiger partial charge in [0, 0.05) is 31.9 Å². The van der Waals surface area contributed by atoms with Gasteiger partial charge in [-0.05, 0) is 41.8 Å². The van der Waals surface area contributed by atoms with Gasteiger partial charge in [-0.25, -0.2) is 4.39 Å². The molecule has 0 fully saturated rings. The number of hydrogen-bond acceptors (Lipinski definition) is 5. The van der Waals surface area contributed by atoms with Crippen molar-refractivity contribution in [1.29, 1.82) is 0 Å². The monoisotopic (exact) mass is 415 g/mol. The number of aromatic nitrogens is 1. The molecule has 2 heterocycles. The molecule has 3 aromatic rings. The molecule has 8 heteroatoms. The molecule has 0 unspecified atom stereocenters. The van der Waals surface area contributed by atoms with Crippen molar-refractivity contribution in [3.05, 3.63) is 75.9 Å². The molecule has 0 spiro atoms. The number of ether oxygens (including phenoxy) is 1. The highest BCUT2D eigenvalue weighted by Crippen LogP contribution is 2.27. The summed E-state index contributed by atoms with van der Waals surface area (Å²) in [5, 5.41) is 6.78. The first-order chi connectivity index (χ1) is 14.0. The van der Waals surface area contributed by atoms with Crippen LogP contribution in [0.5, 0.6) is 5.75 Å². The van der Waals surface area contributed by atoms with E-state index >= 15 is 0 Å². The third-order valence-electron chi connectivity index (χ3n) is 4.78. The van der Waals surface area contributed by atoms with Gasteiger partial charge in [0.05, 0.1) is 5.02 Å².